The highest BCUT2D eigenvalue weighted by atomic mass is 14.9. The van der Waals surface area contributed by atoms with Crippen molar-refractivity contribution >= 4 is 0 Å². The summed E-state index contributed by atoms with van der Waals surface area (Å²) in [5.41, 5.74) is 5.65. The van der Waals surface area contributed by atoms with Crippen LogP contribution in [0.4, 0.5) is 0 Å². The quantitative estimate of drug-likeness (QED) is 0.734. The van der Waals surface area contributed by atoms with E-state index in [0.717, 1.165) is 19.4 Å². The van der Waals surface area contributed by atoms with Crippen molar-refractivity contribution in [3.05, 3.63) is 47.1 Å². The summed E-state index contributed by atoms with van der Waals surface area (Å²) in [6.45, 7) is 11.9. The van der Waals surface area contributed by atoms with Gasteiger partial charge in [-0.1, -0.05) is 44.2 Å². The van der Waals surface area contributed by atoms with E-state index in [1.807, 2.05) is 0 Å². The van der Waals surface area contributed by atoms with E-state index < -0.39 is 0 Å². The van der Waals surface area contributed by atoms with Gasteiger partial charge in [0, 0.05) is 12.6 Å². The molecule has 2 rings (SSSR count). The number of hydrogen-bond acceptors (Lipinski definition) is 1. The number of rotatable bonds is 3. The molecule has 0 bridgehead atoms. The van der Waals surface area contributed by atoms with Gasteiger partial charge in [0.1, 0.15) is 0 Å². The Hall–Kier alpha value is -1.08. The molecule has 0 aromatic carbocycles. The van der Waals surface area contributed by atoms with E-state index in [0.29, 0.717) is 12.0 Å². The Bertz CT molecular complexity index is 423. The Morgan fingerprint density at radius 2 is 2.22 bits per heavy atom. The highest BCUT2D eigenvalue weighted by Gasteiger charge is 2.25. The standard InChI is InChI=1S/C17H25N/c1-5-13(4)15-7-8-17-16(10-15)14(6-2)9-12(3)11-18-17/h7,9-10,14,17-18H,4-6,8,11H2,1-3H3. The Balaban J connectivity index is 2.31. The first-order valence-corrected chi connectivity index (χ1v) is 7.16. The van der Waals surface area contributed by atoms with Crippen LogP contribution in [0.3, 0.4) is 0 Å². The SMILES string of the molecule is C=C(CC)C1=CCC2NCC(C)=CC(CC)C2=C1. The van der Waals surface area contributed by atoms with Crippen LogP contribution < -0.4 is 5.32 Å². The number of nitrogens with one attached hydrogen (secondary N) is 1. The van der Waals surface area contributed by atoms with Gasteiger partial charge < -0.3 is 5.32 Å². The monoisotopic (exact) mass is 243 g/mol. The Kier molecular flexibility index (Phi) is 4.23. The maximum absolute atomic E-state index is 4.18. The van der Waals surface area contributed by atoms with Crippen LogP contribution in [0.2, 0.25) is 0 Å². The first-order valence-electron chi connectivity index (χ1n) is 7.16. The van der Waals surface area contributed by atoms with Crippen molar-refractivity contribution in [3.8, 4) is 0 Å². The van der Waals surface area contributed by atoms with Crippen molar-refractivity contribution in [2.45, 2.75) is 46.1 Å². The van der Waals surface area contributed by atoms with E-state index in [2.05, 4.69) is 50.9 Å². The highest BCUT2D eigenvalue weighted by Crippen LogP contribution is 2.32. The zero-order valence-electron chi connectivity index (χ0n) is 11.9. The predicted octanol–water partition coefficient (Wildman–Crippen LogP) is 4.15. The number of allylic oxidation sites excluding steroid dienone is 4. The van der Waals surface area contributed by atoms with Crippen LogP contribution in [0.5, 0.6) is 0 Å². The summed E-state index contributed by atoms with van der Waals surface area (Å²) in [5.74, 6) is 0.596. The van der Waals surface area contributed by atoms with E-state index in [-0.39, 0.29) is 0 Å². The van der Waals surface area contributed by atoms with Crippen LogP contribution in [0.25, 0.3) is 0 Å². The molecule has 0 amide bonds. The molecule has 98 valence electrons. The van der Waals surface area contributed by atoms with Gasteiger partial charge in [0.25, 0.3) is 0 Å². The second-order valence-electron chi connectivity index (χ2n) is 5.46. The van der Waals surface area contributed by atoms with Crippen LogP contribution >= 0.6 is 0 Å². The minimum atomic E-state index is 0.525. The highest BCUT2D eigenvalue weighted by molar-refractivity contribution is 5.46. The van der Waals surface area contributed by atoms with Gasteiger partial charge in [-0.05, 0) is 48.8 Å². The summed E-state index contributed by atoms with van der Waals surface area (Å²) in [4.78, 5) is 0. The summed E-state index contributed by atoms with van der Waals surface area (Å²) in [5, 5.41) is 3.66. The smallest absolute Gasteiger partial charge is 0.0326 e. The van der Waals surface area contributed by atoms with Gasteiger partial charge >= 0.3 is 0 Å². The average Bonchev–Trinajstić information content (AvgIpc) is 2.56. The van der Waals surface area contributed by atoms with Gasteiger partial charge in [-0.25, -0.2) is 0 Å². The second kappa shape index (κ2) is 5.71. The van der Waals surface area contributed by atoms with E-state index in [1.165, 1.54) is 23.1 Å². The van der Waals surface area contributed by atoms with E-state index in [4.69, 9.17) is 0 Å². The summed E-state index contributed by atoms with van der Waals surface area (Å²) >= 11 is 0. The number of hydrogen-bond donors (Lipinski definition) is 1. The number of fused-ring (bicyclic) bond motifs is 1. The van der Waals surface area contributed by atoms with Gasteiger partial charge in [-0.15, -0.1) is 0 Å². The fourth-order valence-corrected chi connectivity index (χ4v) is 2.87. The molecule has 1 heteroatoms. The van der Waals surface area contributed by atoms with E-state index in [9.17, 15) is 0 Å². The normalized spacial score (nSPS) is 27.6. The molecule has 0 fully saturated rings. The van der Waals surface area contributed by atoms with Crippen molar-refractivity contribution < 1.29 is 0 Å². The molecule has 1 aliphatic heterocycles. The summed E-state index contributed by atoms with van der Waals surface area (Å²) in [6.07, 6.45) is 10.5. The second-order valence-corrected chi connectivity index (χ2v) is 5.46. The molecule has 2 atom stereocenters. The van der Waals surface area contributed by atoms with Crippen molar-refractivity contribution in [2.75, 3.05) is 6.54 Å². The molecule has 0 saturated carbocycles. The lowest BCUT2D eigenvalue weighted by Gasteiger charge is -2.27. The Morgan fingerprint density at radius 3 is 2.89 bits per heavy atom. The lowest BCUT2D eigenvalue weighted by molar-refractivity contribution is 0.555. The largest absolute Gasteiger partial charge is 0.306 e. The van der Waals surface area contributed by atoms with Crippen LogP contribution in [-0.2, 0) is 0 Å². The zero-order valence-corrected chi connectivity index (χ0v) is 11.9. The fourth-order valence-electron chi connectivity index (χ4n) is 2.87. The molecule has 0 saturated heterocycles. The predicted molar refractivity (Wildman–Crippen MR) is 79.5 cm³/mol. The Labute approximate surface area is 111 Å². The lowest BCUT2D eigenvalue weighted by Crippen LogP contribution is -2.33. The molecule has 18 heavy (non-hydrogen) atoms. The molecule has 0 radical (unpaired) electrons. The topological polar surface area (TPSA) is 12.0 Å². The molecule has 2 aliphatic rings. The Morgan fingerprint density at radius 1 is 1.44 bits per heavy atom. The van der Waals surface area contributed by atoms with Gasteiger partial charge in [0.15, 0.2) is 0 Å². The molecular weight excluding hydrogens is 218 g/mol. The van der Waals surface area contributed by atoms with Gasteiger partial charge in [0.2, 0.25) is 0 Å². The van der Waals surface area contributed by atoms with Gasteiger partial charge in [-0.2, -0.15) is 0 Å². The fraction of sp³-hybridized carbons (Fsp3) is 0.529. The maximum atomic E-state index is 4.18. The molecule has 1 N–H and O–H groups in total. The molecular formula is C17H25N. The van der Waals surface area contributed by atoms with Gasteiger partial charge in [-0.3, -0.25) is 0 Å². The molecule has 1 aliphatic carbocycles. The minimum absolute atomic E-state index is 0.525. The zero-order chi connectivity index (χ0) is 13.1. The average molecular weight is 243 g/mol. The third-order valence-electron chi connectivity index (χ3n) is 4.11. The van der Waals surface area contributed by atoms with Crippen molar-refractivity contribution in [1.82, 2.24) is 5.32 Å². The maximum Gasteiger partial charge on any atom is 0.0326 e. The molecule has 1 heterocycles. The third kappa shape index (κ3) is 2.67. The van der Waals surface area contributed by atoms with Crippen molar-refractivity contribution in [2.24, 2.45) is 5.92 Å². The molecule has 2 unspecified atom stereocenters. The van der Waals surface area contributed by atoms with Crippen LogP contribution in [0.1, 0.15) is 40.0 Å². The van der Waals surface area contributed by atoms with Crippen LogP contribution in [0.15, 0.2) is 47.1 Å². The van der Waals surface area contributed by atoms with Crippen molar-refractivity contribution in [1.29, 1.82) is 0 Å². The van der Waals surface area contributed by atoms with Crippen LogP contribution in [-0.4, -0.2) is 12.6 Å². The van der Waals surface area contributed by atoms with Crippen molar-refractivity contribution in [3.63, 3.8) is 0 Å². The van der Waals surface area contributed by atoms with Crippen LogP contribution in [0, 0.1) is 5.92 Å². The summed E-state index contributed by atoms with van der Waals surface area (Å²) in [6, 6.07) is 0.525. The molecule has 0 aromatic rings. The summed E-state index contributed by atoms with van der Waals surface area (Å²) in [7, 11) is 0. The molecule has 0 aromatic heterocycles. The van der Waals surface area contributed by atoms with E-state index >= 15 is 0 Å². The lowest BCUT2D eigenvalue weighted by atomic mass is 9.82. The minimum Gasteiger partial charge on any atom is -0.306 e. The third-order valence-corrected chi connectivity index (χ3v) is 4.11. The molecule has 1 nitrogen and oxygen atoms in total. The summed E-state index contributed by atoms with van der Waals surface area (Å²) < 4.78 is 0. The van der Waals surface area contributed by atoms with E-state index in [1.54, 1.807) is 5.57 Å². The molecule has 0 spiro atoms. The first-order chi connectivity index (χ1) is 8.65. The van der Waals surface area contributed by atoms with Gasteiger partial charge in [0.05, 0.1) is 0 Å². The first kappa shape index (κ1) is 13.4.